The molecule has 0 N–H and O–H groups in total. The summed E-state index contributed by atoms with van der Waals surface area (Å²) in [4.78, 5) is 19.2. The molecule has 2 rings (SSSR count). The van der Waals surface area contributed by atoms with Gasteiger partial charge in [-0.05, 0) is 17.3 Å². The molecule has 1 aromatic rings. The molecule has 0 aliphatic carbocycles. The minimum absolute atomic E-state index is 0.346. The summed E-state index contributed by atoms with van der Waals surface area (Å²) in [5.41, 5.74) is 2.70. The quantitative estimate of drug-likeness (QED) is 0.771. The molecule has 1 aliphatic rings. The first-order valence-electron chi connectivity index (χ1n) is 5.17. The van der Waals surface area contributed by atoms with Crippen molar-refractivity contribution in [3.63, 3.8) is 0 Å². The lowest BCUT2D eigenvalue weighted by Gasteiger charge is -2.27. The van der Waals surface area contributed by atoms with Crippen molar-refractivity contribution in [1.82, 2.24) is 0 Å². The van der Waals surface area contributed by atoms with Crippen LogP contribution in [0.5, 0.6) is 0 Å². The Hall–Kier alpha value is -1.62. The average Bonchev–Trinajstić information content (AvgIpc) is 2.30. The standard InChI is InChI=1S/C12H12N2O2S/c1-10(15)16-12(14-8-13-9-17-12)7-11-5-3-2-4-6-11/h2-6,8-9H,7H2,1H3. The second kappa shape index (κ2) is 5.14. The SMILES string of the molecule is CC(=O)OC1(Cc2ccccc2)N=CN=CS1. The van der Waals surface area contributed by atoms with Gasteiger partial charge in [0.25, 0.3) is 5.06 Å². The Morgan fingerprint density at radius 3 is 2.76 bits per heavy atom. The van der Waals surface area contributed by atoms with Gasteiger partial charge in [0, 0.05) is 13.3 Å². The zero-order chi connectivity index (χ0) is 12.1. The van der Waals surface area contributed by atoms with Crippen LogP contribution in [0, 0.1) is 0 Å². The molecular formula is C12H12N2O2S. The molecule has 4 nitrogen and oxygen atoms in total. The molecule has 1 atom stereocenters. The summed E-state index contributed by atoms with van der Waals surface area (Å²) in [5, 5.41) is -0.908. The van der Waals surface area contributed by atoms with Crippen LogP contribution in [0.1, 0.15) is 12.5 Å². The molecule has 0 bridgehead atoms. The van der Waals surface area contributed by atoms with Gasteiger partial charge < -0.3 is 4.74 Å². The van der Waals surface area contributed by atoms with Gasteiger partial charge in [0.05, 0.1) is 5.55 Å². The van der Waals surface area contributed by atoms with E-state index in [1.807, 2.05) is 30.3 Å². The van der Waals surface area contributed by atoms with Crippen molar-refractivity contribution in [2.75, 3.05) is 0 Å². The van der Waals surface area contributed by atoms with E-state index in [4.69, 9.17) is 4.74 Å². The van der Waals surface area contributed by atoms with Gasteiger partial charge in [0.1, 0.15) is 6.34 Å². The maximum Gasteiger partial charge on any atom is 0.305 e. The molecular weight excluding hydrogens is 236 g/mol. The van der Waals surface area contributed by atoms with Gasteiger partial charge in [-0.1, -0.05) is 30.3 Å². The van der Waals surface area contributed by atoms with Gasteiger partial charge in [0.15, 0.2) is 0 Å². The van der Waals surface area contributed by atoms with E-state index in [0.717, 1.165) is 5.56 Å². The number of thioether (sulfide) groups is 1. The van der Waals surface area contributed by atoms with Gasteiger partial charge in [-0.2, -0.15) is 0 Å². The number of benzene rings is 1. The highest BCUT2D eigenvalue weighted by Crippen LogP contribution is 2.32. The molecule has 1 aliphatic heterocycles. The van der Waals surface area contributed by atoms with Crippen LogP contribution >= 0.6 is 11.8 Å². The molecule has 0 saturated carbocycles. The van der Waals surface area contributed by atoms with Crippen LogP contribution in [0.2, 0.25) is 0 Å². The molecule has 0 radical (unpaired) electrons. The summed E-state index contributed by atoms with van der Waals surface area (Å²) in [7, 11) is 0. The molecule has 0 fully saturated rings. The van der Waals surface area contributed by atoms with Crippen molar-refractivity contribution in [2.45, 2.75) is 18.4 Å². The van der Waals surface area contributed by atoms with Crippen LogP contribution in [-0.2, 0) is 16.0 Å². The molecule has 0 spiro atoms. The molecule has 1 aromatic carbocycles. The average molecular weight is 248 g/mol. The predicted octanol–water partition coefficient (Wildman–Crippen LogP) is 2.25. The number of hydrogen-bond donors (Lipinski definition) is 0. The largest absolute Gasteiger partial charge is 0.427 e. The van der Waals surface area contributed by atoms with E-state index in [-0.39, 0.29) is 5.97 Å². The van der Waals surface area contributed by atoms with Crippen LogP contribution in [0.25, 0.3) is 0 Å². The number of ether oxygens (including phenoxy) is 1. The van der Waals surface area contributed by atoms with Crippen LogP contribution in [0.15, 0.2) is 40.3 Å². The molecule has 0 amide bonds. The number of rotatable bonds is 3. The van der Waals surface area contributed by atoms with Gasteiger partial charge in [-0.15, -0.1) is 0 Å². The van der Waals surface area contributed by atoms with E-state index in [9.17, 15) is 4.79 Å². The van der Waals surface area contributed by atoms with Crippen molar-refractivity contribution >= 4 is 29.6 Å². The number of aliphatic imine (C=N–C) groups is 2. The normalized spacial score (nSPS) is 22.4. The van der Waals surface area contributed by atoms with E-state index in [1.54, 1.807) is 5.55 Å². The summed E-state index contributed by atoms with van der Waals surface area (Å²) in [6.45, 7) is 1.38. The summed E-state index contributed by atoms with van der Waals surface area (Å²) in [6, 6.07) is 9.80. The minimum Gasteiger partial charge on any atom is -0.427 e. The van der Waals surface area contributed by atoms with Crippen molar-refractivity contribution in [3.8, 4) is 0 Å². The van der Waals surface area contributed by atoms with E-state index < -0.39 is 5.06 Å². The number of carbonyl (C=O) groups excluding carboxylic acids is 1. The Kier molecular flexibility index (Phi) is 3.58. The van der Waals surface area contributed by atoms with Crippen LogP contribution in [0.4, 0.5) is 0 Å². The maximum absolute atomic E-state index is 11.2. The van der Waals surface area contributed by atoms with Gasteiger partial charge in [-0.25, -0.2) is 9.98 Å². The van der Waals surface area contributed by atoms with Crippen molar-refractivity contribution in [3.05, 3.63) is 35.9 Å². The van der Waals surface area contributed by atoms with Gasteiger partial charge >= 0.3 is 5.97 Å². The topological polar surface area (TPSA) is 51.0 Å². The lowest BCUT2D eigenvalue weighted by molar-refractivity contribution is -0.148. The fourth-order valence-electron chi connectivity index (χ4n) is 1.54. The zero-order valence-corrected chi connectivity index (χ0v) is 10.2. The predicted molar refractivity (Wildman–Crippen MR) is 69.2 cm³/mol. The summed E-state index contributed by atoms with van der Waals surface area (Å²) < 4.78 is 5.32. The Morgan fingerprint density at radius 1 is 1.41 bits per heavy atom. The molecule has 5 heteroatoms. The highest BCUT2D eigenvalue weighted by molar-refractivity contribution is 8.13. The first-order chi connectivity index (χ1) is 8.20. The zero-order valence-electron chi connectivity index (χ0n) is 9.37. The summed E-state index contributed by atoms with van der Waals surface area (Å²) in [5.74, 6) is -0.346. The second-order valence-electron chi connectivity index (χ2n) is 3.59. The first kappa shape index (κ1) is 11.9. The van der Waals surface area contributed by atoms with E-state index in [2.05, 4.69) is 9.98 Å². The number of carbonyl (C=O) groups is 1. The Bertz CT molecular complexity index is 459. The van der Waals surface area contributed by atoms with Crippen molar-refractivity contribution in [1.29, 1.82) is 0 Å². The fourth-order valence-corrected chi connectivity index (χ4v) is 2.35. The highest BCUT2D eigenvalue weighted by Gasteiger charge is 2.34. The molecule has 0 saturated heterocycles. The van der Waals surface area contributed by atoms with E-state index in [1.165, 1.54) is 25.0 Å². The first-order valence-corrected chi connectivity index (χ1v) is 6.05. The third-order valence-electron chi connectivity index (χ3n) is 2.19. The molecule has 17 heavy (non-hydrogen) atoms. The second-order valence-corrected chi connectivity index (χ2v) is 4.67. The maximum atomic E-state index is 11.2. The third kappa shape index (κ3) is 3.17. The van der Waals surface area contributed by atoms with Gasteiger partial charge in [-0.3, -0.25) is 4.79 Å². The summed E-state index contributed by atoms with van der Waals surface area (Å²) in [6.07, 6.45) is 1.95. The molecule has 1 heterocycles. The Morgan fingerprint density at radius 2 is 2.18 bits per heavy atom. The third-order valence-corrected chi connectivity index (χ3v) is 3.12. The van der Waals surface area contributed by atoms with Crippen molar-refractivity contribution in [2.24, 2.45) is 9.98 Å². The van der Waals surface area contributed by atoms with Crippen molar-refractivity contribution < 1.29 is 9.53 Å². The smallest absolute Gasteiger partial charge is 0.305 e. The number of hydrogen-bond acceptors (Lipinski definition) is 5. The van der Waals surface area contributed by atoms with Crippen LogP contribution < -0.4 is 0 Å². The Labute approximate surface area is 104 Å². The van der Waals surface area contributed by atoms with E-state index >= 15 is 0 Å². The molecule has 1 unspecified atom stereocenters. The fraction of sp³-hybridized carbons (Fsp3) is 0.250. The lowest BCUT2D eigenvalue weighted by Crippen LogP contribution is -2.32. The minimum atomic E-state index is -0.908. The Balaban J connectivity index is 2.19. The van der Waals surface area contributed by atoms with Crippen LogP contribution in [0.3, 0.4) is 0 Å². The molecule has 88 valence electrons. The highest BCUT2D eigenvalue weighted by atomic mass is 32.2. The number of nitrogens with zero attached hydrogens (tertiary/aromatic N) is 2. The van der Waals surface area contributed by atoms with Crippen LogP contribution in [-0.4, -0.2) is 22.9 Å². The lowest BCUT2D eigenvalue weighted by atomic mass is 10.1. The number of esters is 1. The summed E-state index contributed by atoms with van der Waals surface area (Å²) >= 11 is 1.30. The van der Waals surface area contributed by atoms with Gasteiger partial charge in [0.2, 0.25) is 0 Å². The monoisotopic (exact) mass is 248 g/mol. The molecule has 0 aromatic heterocycles. The van der Waals surface area contributed by atoms with E-state index in [0.29, 0.717) is 6.42 Å².